The third-order valence-electron chi connectivity index (χ3n) is 3.15. The van der Waals surface area contributed by atoms with Crippen molar-refractivity contribution < 1.29 is 23.1 Å². The Morgan fingerprint density at radius 3 is 2.76 bits per heavy atom. The van der Waals surface area contributed by atoms with Crippen molar-refractivity contribution in [1.29, 1.82) is 0 Å². The van der Waals surface area contributed by atoms with E-state index in [0.717, 1.165) is 12.1 Å². The van der Waals surface area contributed by atoms with Gasteiger partial charge in [-0.15, -0.1) is 0 Å². The van der Waals surface area contributed by atoms with Gasteiger partial charge in [-0.25, -0.2) is 18.0 Å². The molecule has 0 aliphatic carbocycles. The van der Waals surface area contributed by atoms with Crippen LogP contribution in [0.4, 0.5) is 18.0 Å². The predicted octanol–water partition coefficient (Wildman–Crippen LogP) is 2.40. The summed E-state index contributed by atoms with van der Waals surface area (Å²) in [4.78, 5) is 15.4. The van der Waals surface area contributed by atoms with Crippen molar-refractivity contribution in [2.24, 2.45) is 10.7 Å². The lowest BCUT2D eigenvalue weighted by atomic mass is 9.88. The van der Waals surface area contributed by atoms with E-state index in [4.69, 9.17) is 10.8 Å². The third-order valence-corrected chi connectivity index (χ3v) is 3.65. The largest absolute Gasteiger partial charge is 0.465 e. The van der Waals surface area contributed by atoms with Gasteiger partial charge in [-0.1, -0.05) is 15.9 Å². The van der Waals surface area contributed by atoms with Crippen molar-refractivity contribution in [1.82, 2.24) is 4.90 Å². The van der Waals surface area contributed by atoms with Gasteiger partial charge in [0.15, 0.2) is 5.54 Å². The number of nitrogens with two attached hydrogens (primary N) is 1. The van der Waals surface area contributed by atoms with Gasteiger partial charge in [0, 0.05) is 10.0 Å². The van der Waals surface area contributed by atoms with Gasteiger partial charge in [-0.05, 0) is 18.2 Å². The summed E-state index contributed by atoms with van der Waals surface area (Å²) >= 11 is 3.07. The number of carboxylic acid groups (broad SMARTS) is 1. The summed E-state index contributed by atoms with van der Waals surface area (Å²) in [6, 6.07) is 3.52. The molecule has 0 saturated heterocycles. The van der Waals surface area contributed by atoms with Crippen molar-refractivity contribution in [3.05, 3.63) is 34.1 Å². The lowest BCUT2D eigenvalue weighted by Gasteiger charge is -2.38. The molecule has 2 rings (SSSR count). The number of amidine groups is 1. The first kappa shape index (κ1) is 15.6. The Bertz CT molecular complexity index is 611. The number of amides is 1. The zero-order valence-electron chi connectivity index (χ0n) is 10.6. The summed E-state index contributed by atoms with van der Waals surface area (Å²) in [5, 5.41) is 9.01. The lowest BCUT2D eigenvalue weighted by molar-refractivity contribution is 0.0255. The molecule has 1 aliphatic rings. The third kappa shape index (κ3) is 2.82. The first-order valence-corrected chi connectivity index (χ1v) is 6.61. The van der Waals surface area contributed by atoms with Crippen LogP contribution in [0.1, 0.15) is 5.56 Å². The van der Waals surface area contributed by atoms with Crippen LogP contribution < -0.4 is 5.73 Å². The lowest BCUT2D eigenvalue weighted by Crippen LogP contribution is -2.54. The number of nitrogens with zero attached hydrogens (tertiary/aromatic N) is 2. The average Bonchev–Trinajstić information content (AvgIpc) is 2.40. The molecule has 1 heterocycles. The van der Waals surface area contributed by atoms with Crippen LogP contribution in [0.2, 0.25) is 0 Å². The number of alkyl halides is 2. The number of rotatable bonds is 2. The maximum Gasteiger partial charge on any atom is 0.407 e. The molecule has 0 aromatic heterocycles. The molecule has 0 radical (unpaired) electrons. The molecule has 21 heavy (non-hydrogen) atoms. The van der Waals surface area contributed by atoms with E-state index in [2.05, 4.69) is 20.9 Å². The normalized spacial score (nSPS) is 22.3. The molecule has 3 N–H and O–H groups in total. The van der Waals surface area contributed by atoms with Gasteiger partial charge in [-0.3, -0.25) is 9.89 Å². The molecule has 9 heteroatoms. The second-order valence-electron chi connectivity index (χ2n) is 4.59. The highest BCUT2D eigenvalue weighted by molar-refractivity contribution is 9.10. The van der Waals surface area contributed by atoms with Crippen molar-refractivity contribution in [2.75, 3.05) is 13.1 Å². The molecular formula is C12H11BrF3N3O2. The first-order chi connectivity index (χ1) is 9.76. The van der Waals surface area contributed by atoms with Crippen LogP contribution in [0, 0.1) is 5.82 Å². The fraction of sp³-hybridized carbons (Fsp3) is 0.333. The second-order valence-corrected chi connectivity index (χ2v) is 5.51. The zero-order valence-corrected chi connectivity index (χ0v) is 12.1. The minimum atomic E-state index is -3.12. The summed E-state index contributed by atoms with van der Waals surface area (Å²) in [6.07, 6.45) is -4.55. The van der Waals surface area contributed by atoms with Gasteiger partial charge in [0.05, 0.1) is 13.1 Å². The maximum atomic E-state index is 14.0. The molecule has 0 fully saturated rings. The van der Waals surface area contributed by atoms with E-state index in [1.54, 1.807) is 0 Å². The molecule has 0 saturated carbocycles. The molecule has 114 valence electrons. The van der Waals surface area contributed by atoms with Crippen LogP contribution in [0.25, 0.3) is 0 Å². The van der Waals surface area contributed by atoms with Crippen LogP contribution in [0.3, 0.4) is 0 Å². The van der Waals surface area contributed by atoms with E-state index in [-0.39, 0.29) is 12.4 Å². The van der Waals surface area contributed by atoms with E-state index in [1.165, 1.54) is 6.07 Å². The van der Waals surface area contributed by atoms with Gasteiger partial charge in [0.1, 0.15) is 11.7 Å². The average molecular weight is 366 g/mol. The highest BCUT2D eigenvalue weighted by Crippen LogP contribution is 2.38. The van der Waals surface area contributed by atoms with Gasteiger partial charge < -0.3 is 10.8 Å². The minimum Gasteiger partial charge on any atom is -0.465 e. The van der Waals surface area contributed by atoms with Crippen molar-refractivity contribution in [3.8, 4) is 0 Å². The Morgan fingerprint density at radius 2 is 2.19 bits per heavy atom. The molecule has 1 aromatic rings. The van der Waals surface area contributed by atoms with Crippen molar-refractivity contribution >= 4 is 27.9 Å². The summed E-state index contributed by atoms with van der Waals surface area (Å²) in [5.41, 5.74) is 2.72. The molecule has 1 aliphatic heterocycles. The van der Waals surface area contributed by atoms with E-state index in [9.17, 15) is 18.0 Å². The Hall–Kier alpha value is -1.77. The molecular weight excluding hydrogens is 355 g/mol. The quantitative estimate of drug-likeness (QED) is 0.844. The monoisotopic (exact) mass is 365 g/mol. The van der Waals surface area contributed by atoms with Crippen LogP contribution in [0.5, 0.6) is 0 Å². The number of halogens is 4. The molecule has 1 aromatic carbocycles. The highest BCUT2D eigenvalue weighted by Gasteiger charge is 2.48. The van der Waals surface area contributed by atoms with Gasteiger partial charge in [0.2, 0.25) is 0 Å². The number of hydrogen-bond acceptors (Lipinski definition) is 3. The van der Waals surface area contributed by atoms with Crippen molar-refractivity contribution in [2.45, 2.75) is 12.0 Å². The molecule has 1 amide bonds. The van der Waals surface area contributed by atoms with E-state index in [0.29, 0.717) is 9.37 Å². The second kappa shape index (κ2) is 5.55. The van der Waals surface area contributed by atoms with Crippen molar-refractivity contribution in [3.63, 3.8) is 0 Å². The van der Waals surface area contributed by atoms with E-state index < -0.39 is 36.0 Å². The van der Waals surface area contributed by atoms with Crippen LogP contribution in [0.15, 0.2) is 27.7 Å². The fourth-order valence-electron chi connectivity index (χ4n) is 2.21. The van der Waals surface area contributed by atoms with Gasteiger partial charge >= 0.3 is 6.09 Å². The number of carbonyl (C=O) groups is 1. The van der Waals surface area contributed by atoms with E-state index in [1.807, 2.05) is 0 Å². The standard InChI is InChI=1S/C12H11BrF3N3O2/c13-6-1-2-8(14)7(3-6)12(10(15)16)5-19(11(20)21)4-9(17)18-12/h1-3,10H,4-5H2,(H2,17,18)(H,20,21). The molecule has 5 nitrogen and oxygen atoms in total. The summed E-state index contributed by atoms with van der Waals surface area (Å²) < 4.78 is 41.6. The van der Waals surface area contributed by atoms with Crippen LogP contribution in [-0.4, -0.2) is 41.5 Å². The molecule has 1 unspecified atom stereocenters. The Balaban J connectivity index is 2.63. The molecule has 0 bridgehead atoms. The predicted molar refractivity (Wildman–Crippen MR) is 73.0 cm³/mol. The number of hydrogen-bond donors (Lipinski definition) is 2. The van der Waals surface area contributed by atoms with Gasteiger partial charge in [0.25, 0.3) is 6.43 Å². The number of aliphatic imine (C=N–C) groups is 1. The number of benzene rings is 1. The fourth-order valence-corrected chi connectivity index (χ4v) is 2.58. The summed E-state index contributed by atoms with van der Waals surface area (Å²) in [5.74, 6) is -1.19. The highest BCUT2D eigenvalue weighted by atomic mass is 79.9. The van der Waals surface area contributed by atoms with Gasteiger partial charge in [-0.2, -0.15) is 0 Å². The molecule has 1 atom stereocenters. The first-order valence-electron chi connectivity index (χ1n) is 5.82. The summed E-state index contributed by atoms with van der Waals surface area (Å²) in [7, 11) is 0. The molecule has 0 spiro atoms. The smallest absolute Gasteiger partial charge is 0.407 e. The van der Waals surface area contributed by atoms with Crippen LogP contribution in [-0.2, 0) is 5.54 Å². The Kier molecular flexibility index (Phi) is 4.13. The topological polar surface area (TPSA) is 78.9 Å². The summed E-state index contributed by atoms with van der Waals surface area (Å²) in [6.45, 7) is -0.965. The zero-order chi connectivity index (χ0) is 15.8. The van der Waals surface area contributed by atoms with Crippen LogP contribution >= 0.6 is 15.9 Å². The maximum absolute atomic E-state index is 14.0. The SMILES string of the molecule is NC1=NC(c2cc(Br)ccc2F)(C(F)F)CN(C(=O)O)C1. The van der Waals surface area contributed by atoms with E-state index >= 15 is 0 Å². The minimum absolute atomic E-state index is 0.289. The Morgan fingerprint density at radius 1 is 1.52 bits per heavy atom. The Labute approximate surface area is 126 Å².